The zero-order chi connectivity index (χ0) is 31.6. The Morgan fingerprint density at radius 1 is 1.11 bits per heavy atom. The molecule has 2 fully saturated rings. The average Bonchev–Trinajstić information content (AvgIpc) is 3.55. The second kappa shape index (κ2) is 10.4. The Labute approximate surface area is 258 Å². The molecular formula is C35H41N3O6. The smallest absolute Gasteiger partial charge is 0.419 e. The first-order valence-electron chi connectivity index (χ1n) is 15.1. The number of aromatic nitrogens is 1. The maximum Gasteiger partial charge on any atom is 0.419 e. The van der Waals surface area contributed by atoms with E-state index >= 15 is 0 Å². The van der Waals surface area contributed by atoms with Gasteiger partial charge in [-0.1, -0.05) is 49.4 Å². The highest BCUT2D eigenvalue weighted by Crippen LogP contribution is 2.60. The Morgan fingerprint density at radius 3 is 2.48 bits per heavy atom. The molecule has 2 saturated heterocycles. The summed E-state index contributed by atoms with van der Waals surface area (Å²) in [6, 6.07) is 13.5. The lowest BCUT2D eigenvalue weighted by Crippen LogP contribution is -2.72. The molecule has 0 radical (unpaired) electrons. The van der Waals surface area contributed by atoms with Crippen molar-refractivity contribution in [3.05, 3.63) is 71.9 Å². The number of ether oxygens (including phenoxy) is 4. The SMILES string of the molecule is C=C(C)[C@@H]1C[C@@]23C(OC)=N[C@]1(c1cn(C(=O)OC(C)(C)C)c4c(OC)c(OCc5ccccc5)ccc14)C(=O)N2CC[C@@H]3C. The predicted molar refractivity (Wildman–Crippen MR) is 168 cm³/mol. The van der Waals surface area contributed by atoms with E-state index in [9.17, 15) is 9.59 Å². The second-order valence-electron chi connectivity index (χ2n) is 13.2. The zero-order valence-electron chi connectivity index (χ0n) is 26.6. The van der Waals surface area contributed by atoms with Crippen LogP contribution < -0.4 is 9.47 Å². The van der Waals surface area contributed by atoms with Crippen LogP contribution in [0.4, 0.5) is 4.79 Å². The van der Waals surface area contributed by atoms with Crippen LogP contribution in [0.2, 0.25) is 0 Å². The van der Waals surface area contributed by atoms with Crippen LogP contribution in [0.5, 0.6) is 11.5 Å². The van der Waals surface area contributed by atoms with E-state index in [-0.39, 0.29) is 17.7 Å². The molecule has 0 unspecified atom stereocenters. The first-order valence-corrected chi connectivity index (χ1v) is 15.1. The van der Waals surface area contributed by atoms with Crippen LogP contribution in [-0.2, 0) is 26.4 Å². The van der Waals surface area contributed by atoms with Gasteiger partial charge in [0, 0.05) is 29.6 Å². The average molecular weight is 600 g/mol. The minimum atomic E-state index is -1.38. The van der Waals surface area contributed by atoms with Crippen LogP contribution >= 0.6 is 0 Å². The third-order valence-electron chi connectivity index (χ3n) is 9.44. The van der Waals surface area contributed by atoms with E-state index in [4.69, 9.17) is 23.9 Å². The van der Waals surface area contributed by atoms with Gasteiger partial charge in [0.05, 0.1) is 14.2 Å². The van der Waals surface area contributed by atoms with Crippen LogP contribution in [0.3, 0.4) is 0 Å². The lowest BCUT2D eigenvalue weighted by atomic mass is 9.60. The van der Waals surface area contributed by atoms with Gasteiger partial charge in [0.25, 0.3) is 5.91 Å². The predicted octanol–water partition coefficient (Wildman–Crippen LogP) is 6.47. The Morgan fingerprint density at radius 2 is 1.84 bits per heavy atom. The normalized spacial score (nSPS) is 25.9. The summed E-state index contributed by atoms with van der Waals surface area (Å²) in [5.74, 6) is 1.12. The Bertz CT molecular complexity index is 1690. The highest BCUT2D eigenvalue weighted by molar-refractivity contribution is 6.08. The first kappa shape index (κ1) is 29.8. The van der Waals surface area contributed by atoms with Gasteiger partial charge < -0.3 is 23.8 Å². The number of carbonyl (C=O) groups is 2. The molecule has 4 aliphatic heterocycles. The van der Waals surface area contributed by atoms with Gasteiger partial charge in [0.15, 0.2) is 17.0 Å². The second-order valence-corrected chi connectivity index (χ2v) is 13.2. The van der Waals surface area contributed by atoms with Crippen molar-refractivity contribution >= 4 is 28.8 Å². The lowest BCUT2D eigenvalue weighted by Gasteiger charge is -2.58. The fourth-order valence-electron chi connectivity index (χ4n) is 7.42. The number of piperidine rings is 1. The molecule has 2 aromatic carbocycles. The van der Waals surface area contributed by atoms with Crippen molar-refractivity contribution in [2.45, 2.75) is 70.7 Å². The molecule has 2 bridgehead atoms. The van der Waals surface area contributed by atoms with Crippen molar-refractivity contribution in [3.63, 3.8) is 0 Å². The van der Waals surface area contributed by atoms with Crippen molar-refractivity contribution in [1.82, 2.24) is 9.47 Å². The fourth-order valence-corrected chi connectivity index (χ4v) is 7.42. The maximum absolute atomic E-state index is 14.8. The van der Waals surface area contributed by atoms with Gasteiger partial charge in [-0.05, 0) is 64.2 Å². The molecule has 4 aliphatic rings. The molecule has 232 valence electrons. The molecule has 1 amide bonds. The van der Waals surface area contributed by atoms with Gasteiger partial charge in [0.1, 0.15) is 23.3 Å². The summed E-state index contributed by atoms with van der Waals surface area (Å²) in [6.07, 6.45) is 2.57. The van der Waals surface area contributed by atoms with E-state index in [1.165, 1.54) is 4.57 Å². The van der Waals surface area contributed by atoms with Gasteiger partial charge in [-0.2, -0.15) is 0 Å². The molecule has 3 aromatic rings. The highest BCUT2D eigenvalue weighted by atomic mass is 16.6. The number of hydrogen-bond acceptors (Lipinski definition) is 7. The Balaban J connectivity index is 1.61. The fraction of sp³-hybridized carbons (Fsp3) is 0.457. The molecule has 9 nitrogen and oxygen atoms in total. The minimum absolute atomic E-state index is 0.103. The minimum Gasteiger partial charge on any atom is -0.491 e. The molecule has 5 heterocycles. The maximum atomic E-state index is 14.8. The monoisotopic (exact) mass is 599 g/mol. The van der Waals surface area contributed by atoms with Crippen molar-refractivity contribution in [1.29, 1.82) is 0 Å². The molecule has 44 heavy (non-hydrogen) atoms. The topological polar surface area (TPSA) is 91.6 Å². The van der Waals surface area contributed by atoms with Crippen LogP contribution in [0, 0.1) is 11.8 Å². The molecule has 4 atom stereocenters. The van der Waals surface area contributed by atoms with E-state index in [0.717, 1.165) is 17.6 Å². The lowest BCUT2D eigenvalue weighted by molar-refractivity contribution is -0.151. The number of fused-ring (bicyclic) bond motifs is 2. The zero-order valence-corrected chi connectivity index (χ0v) is 26.6. The summed E-state index contributed by atoms with van der Waals surface area (Å²) in [4.78, 5) is 35.8. The third-order valence-corrected chi connectivity index (χ3v) is 9.44. The Hall–Kier alpha value is -4.27. The van der Waals surface area contributed by atoms with E-state index in [1.54, 1.807) is 20.4 Å². The number of methoxy groups -OCH3 is 2. The van der Waals surface area contributed by atoms with Gasteiger partial charge in [-0.3, -0.25) is 4.79 Å². The number of amides is 1. The summed E-state index contributed by atoms with van der Waals surface area (Å²) in [5.41, 5.74) is 0.0919. The van der Waals surface area contributed by atoms with Crippen LogP contribution in [0.15, 0.2) is 65.8 Å². The number of carbonyl (C=O) groups excluding carboxylic acids is 2. The Kier molecular flexibility index (Phi) is 7.06. The molecule has 0 saturated carbocycles. The number of rotatable bonds is 6. The summed E-state index contributed by atoms with van der Waals surface area (Å²) >= 11 is 0. The number of benzene rings is 2. The van der Waals surface area contributed by atoms with Gasteiger partial charge >= 0.3 is 6.09 Å². The largest absolute Gasteiger partial charge is 0.491 e. The highest BCUT2D eigenvalue weighted by Gasteiger charge is 2.70. The van der Waals surface area contributed by atoms with E-state index in [0.29, 0.717) is 53.4 Å². The van der Waals surface area contributed by atoms with Crippen molar-refractivity contribution < 1.29 is 28.5 Å². The van der Waals surface area contributed by atoms with Crippen molar-refractivity contribution in [2.75, 3.05) is 20.8 Å². The molecule has 9 heteroatoms. The summed E-state index contributed by atoms with van der Waals surface area (Å²) < 4.78 is 25.4. The molecule has 0 N–H and O–H groups in total. The van der Waals surface area contributed by atoms with Crippen molar-refractivity contribution in [2.24, 2.45) is 16.8 Å². The van der Waals surface area contributed by atoms with Crippen molar-refractivity contribution in [3.8, 4) is 11.5 Å². The van der Waals surface area contributed by atoms with Gasteiger partial charge in [-0.15, -0.1) is 0 Å². The summed E-state index contributed by atoms with van der Waals surface area (Å²) in [5, 5.41) is 0.639. The number of nitrogens with zero attached hydrogens (tertiary/aromatic N) is 3. The third kappa shape index (κ3) is 4.23. The van der Waals surface area contributed by atoms with Crippen LogP contribution in [-0.4, -0.2) is 59.3 Å². The molecule has 1 aromatic heterocycles. The van der Waals surface area contributed by atoms with Gasteiger partial charge in [0.2, 0.25) is 5.90 Å². The van der Waals surface area contributed by atoms with E-state index < -0.39 is 22.8 Å². The summed E-state index contributed by atoms with van der Waals surface area (Å²) in [7, 11) is 3.16. The number of hydrogen-bond donors (Lipinski definition) is 0. The van der Waals surface area contributed by atoms with Crippen LogP contribution in [0.1, 0.15) is 58.6 Å². The van der Waals surface area contributed by atoms with Crippen LogP contribution in [0.25, 0.3) is 10.9 Å². The first-order chi connectivity index (χ1) is 20.9. The van der Waals surface area contributed by atoms with Gasteiger partial charge in [-0.25, -0.2) is 14.4 Å². The molecule has 7 rings (SSSR count). The number of aliphatic imine (C=N–C) groups is 1. The molecule has 1 spiro atoms. The quantitative estimate of drug-likeness (QED) is 0.302. The van der Waals surface area contributed by atoms with E-state index in [2.05, 4.69) is 13.5 Å². The standard InChI is InChI=1S/C35H41N3O6/c1-21(2)25-18-34-22(3)16-17-38(34)31(39)35(25,36-30(34)42-8)26-19-37(32(40)44-33(4,5)6)28-24(26)14-15-27(29(28)41-7)43-20-23-12-10-9-11-13-23/h9-15,19,22,25H,1,16-18,20H2,2-8H3/t22-,25-,34+,35+/m0/s1. The molecule has 0 aliphatic carbocycles. The molecular weight excluding hydrogens is 558 g/mol. The summed E-state index contributed by atoms with van der Waals surface area (Å²) in [6.45, 7) is 14.8. The van der Waals surface area contributed by atoms with E-state index in [1.807, 2.05) is 75.1 Å².